The van der Waals surface area contributed by atoms with Gasteiger partial charge in [-0.2, -0.15) is 0 Å². The molecule has 0 atom stereocenters. The van der Waals surface area contributed by atoms with E-state index < -0.39 is 9.84 Å². The van der Waals surface area contributed by atoms with Crippen molar-refractivity contribution in [3.63, 3.8) is 0 Å². The monoisotopic (exact) mass is 221 g/mol. The molecule has 0 aromatic heterocycles. The van der Waals surface area contributed by atoms with Crippen LogP contribution in [0.1, 0.15) is 40.5 Å². The van der Waals surface area contributed by atoms with Crippen molar-refractivity contribution >= 4 is 9.84 Å². The Morgan fingerprint density at radius 1 is 1.14 bits per heavy atom. The third-order valence-corrected chi connectivity index (χ3v) is 3.74. The van der Waals surface area contributed by atoms with E-state index in [0.717, 1.165) is 13.0 Å². The van der Waals surface area contributed by atoms with Gasteiger partial charge in [0.1, 0.15) is 9.84 Å². The van der Waals surface area contributed by atoms with Crippen LogP contribution in [0.5, 0.6) is 0 Å². The van der Waals surface area contributed by atoms with Crippen LogP contribution in [0.4, 0.5) is 0 Å². The fraction of sp³-hybridized carbons (Fsp3) is 1.00. The zero-order chi connectivity index (χ0) is 11.2. The third-order valence-electron chi connectivity index (χ3n) is 1.80. The van der Waals surface area contributed by atoms with Crippen molar-refractivity contribution in [3.05, 3.63) is 0 Å². The molecule has 0 rings (SSSR count). The van der Waals surface area contributed by atoms with Gasteiger partial charge in [0, 0.05) is 11.3 Å². The highest BCUT2D eigenvalue weighted by Gasteiger charge is 2.11. The maximum atomic E-state index is 11.3. The van der Waals surface area contributed by atoms with E-state index >= 15 is 0 Å². The van der Waals surface area contributed by atoms with Crippen molar-refractivity contribution in [1.82, 2.24) is 5.32 Å². The highest BCUT2D eigenvalue weighted by Crippen LogP contribution is 2.00. The summed E-state index contributed by atoms with van der Waals surface area (Å²) in [5.74, 6) is 0.631. The van der Waals surface area contributed by atoms with Gasteiger partial charge >= 0.3 is 0 Å². The lowest BCUT2D eigenvalue weighted by molar-refractivity contribution is 0.426. The van der Waals surface area contributed by atoms with Gasteiger partial charge < -0.3 is 5.32 Å². The van der Waals surface area contributed by atoms with Gasteiger partial charge in [0.2, 0.25) is 0 Å². The first-order valence-electron chi connectivity index (χ1n) is 5.22. The maximum Gasteiger partial charge on any atom is 0.150 e. The molecule has 0 aromatic carbocycles. The predicted molar refractivity (Wildman–Crippen MR) is 61.3 cm³/mol. The summed E-state index contributed by atoms with van der Waals surface area (Å²) in [5.41, 5.74) is 0.0779. The molecule has 0 aliphatic carbocycles. The molecule has 0 spiro atoms. The summed E-state index contributed by atoms with van der Waals surface area (Å²) >= 11 is 0. The van der Waals surface area contributed by atoms with Gasteiger partial charge in [-0.05, 0) is 40.2 Å². The van der Waals surface area contributed by atoms with E-state index in [0.29, 0.717) is 17.9 Å². The summed E-state index contributed by atoms with van der Waals surface area (Å²) in [6.07, 6.45) is 1.43. The van der Waals surface area contributed by atoms with Crippen LogP contribution < -0.4 is 5.32 Å². The standard InChI is InChI=1S/C10H23NO2S/c1-5-8-14(12,13)9-6-7-11-10(2,3)4/h11H,5-9H2,1-4H3. The number of hydrogen-bond donors (Lipinski definition) is 1. The van der Waals surface area contributed by atoms with Gasteiger partial charge in [-0.3, -0.25) is 0 Å². The molecular weight excluding hydrogens is 198 g/mol. The summed E-state index contributed by atoms with van der Waals surface area (Å²) in [5, 5.41) is 3.27. The maximum absolute atomic E-state index is 11.3. The van der Waals surface area contributed by atoms with Crippen LogP contribution in [0.2, 0.25) is 0 Å². The quantitative estimate of drug-likeness (QED) is 0.693. The van der Waals surface area contributed by atoms with Gasteiger partial charge in [0.15, 0.2) is 0 Å². The smallest absolute Gasteiger partial charge is 0.150 e. The topological polar surface area (TPSA) is 46.2 Å². The highest BCUT2D eigenvalue weighted by atomic mass is 32.2. The van der Waals surface area contributed by atoms with E-state index in [1.807, 2.05) is 6.92 Å². The Morgan fingerprint density at radius 2 is 1.71 bits per heavy atom. The molecule has 0 radical (unpaired) electrons. The van der Waals surface area contributed by atoms with Crippen molar-refractivity contribution in [2.24, 2.45) is 0 Å². The molecule has 4 heteroatoms. The molecule has 0 heterocycles. The second kappa shape index (κ2) is 5.71. The van der Waals surface area contributed by atoms with E-state index in [9.17, 15) is 8.42 Å². The van der Waals surface area contributed by atoms with E-state index in [1.54, 1.807) is 0 Å². The summed E-state index contributed by atoms with van der Waals surface area (Å²) in [6, 6.07) is 0. The number of nitrogens with one attached hydrogen (secondary N) is 1. The van der Waals surface area contributed by atoms with Gasteiger partial charge in [0.25, 0.3) is 0 Å². The first-order valence-corrected chi connectivity index (χ1v) is 7.04. The Hall–Kier alpha value is -0.0900. The van der Waals surface area contributed by atoms with E-state index in [1.165, 1.54) is 0 Å². The highest BCUT2D eigenvalue weighted by molar-refractivity contribution is 7.91. The minimum atomic E-state index is -2.79. The van der Waals surface area contributed by atoms with Crippen LogP contribution in [0, 0.1) is 0 Å². The second-order valence-corrected chi connectivity index (χ2v) is 6.99. The number of hydrogen-bond acceptors (Lipinski definition) is 3. The Kier molecular flexibility index (Phi) is 5.67. The summed E-state index contributed by atoms with van der Waals surface area (Å²) in [4.78, 5) is 0. The third kappa shape index (κ3) is 8.51. The summed E-state index contributed by atoms with van der Waals surface area (Å²) in [6.45, 7) is 8.89. The summed E-state index contributed by atoms with van der Waals surface area (Å²) < 4.78 is 22.7. The lowest BCUT2D eigenvalue weighted by Crippen LogP contribution is -2.37. The molecule has 3 nitrogen and oxygen atoms in total. The Morgan fingerprint density at radius 3 is 2.14 bits per heavy atom. The van der Waals surface area contributed by atoms with Crippen molar-refractivity contribution in [2.75, 3.05) is 18.1 Å². The molecule has 0 saturated heterocycles. The molecule has 0 aromatic rings. The molecule has 0 amide bonds. The molecule has 0 saturated carbocycles. The van der Waals surface area contributed by atoms with Crippen LogP contribution in [0.25, 0.3) is 0 Å². The molecule has 0 unspecified atom stereocenters. The van der Waals surface area contributed by atoms with Gasteiger partial charge in [-0.15, -0.1) is 0 Å². The van der Waals surface area contributed by atoms with Crippen molar-refractivity contribution in [3.8, 4) is 0 Å². The zero-order valence-electron chi connectivity index (χ0n) is 9.76. The predicted octanol–water partition coefficient (Wildman–Crippen LogP) is 1.59. The van der Waals surface area contributed by atoms with E-state index in [-0.39, 0.29) is 5.54 Å². The molecule has 0 bridgehead atoms. The minimum absolute atomic E-state index is 0.0779. The average molecular weight is 221 g/mol. The summed E-state index contributed by atoms with van der Waals surface area (Å²) in [7, 11) is -2.79. The van der Waals surface area contributed by atoms with Crippen LogP contribution in [0.15, 0.2) is 0 Å². The first kappa shape index (κ1) is 13.9. The lowest BCUT2D eigenvalue weighted by atomic mass is 10.1. The van der Waals surface area contributed by atoms with Crippen LogP contribution in [-0.4, -0.2) is 32.0 Å². The lowest BCUT2D eigenvalue weighted by Gasteiger charge is -2.20. The normalized spacial score (nSPS) is 13.1. The number of sulfone groups is 1. The van der Waals surface area contributed by atoms with E-state index in [4.69, 9.17) is 0 Å². The van der Waals surface area contributed by atoms with Crippen molar-refractivity contribution in [2.45, 2.75) is 46.1 Å². The van der Waals surface area contributed by atoms with E-state index in [2.05, 4.69) is 26.1 Å². The van der Waals surface area contributed by atoms with Crippen LogP contribution in [-0.2, 0) is 9.84 Å². The van der Waals surface area contributed by atoms with Crippen LogP contribution in [0.3, 0.4) is 0 Å². The number of rotatable bonds is 6. The Labute approximate surface area is 88.2 Å². The fourth-order valence-electron chi connectivity index (χ4n) is 1.17. The second-order valence-electron chi connectivity index (χ2n) is 4.68. The van der Waals surface area contributed by atoms with Gasteiger partial charge in [0.05, 0.1) is 5.75 Å². The molecule has 0 aliphatic heterocycles. The molecular formula is C10H23NO2S. The largest absolute Gasteiger partial charge is 0.312 e. The van der Waals surface area contributed by atoms with Crippen molar-refractivity contribution in [1.29, 1.82) is 0 Å². The Balaban J connectivity index is 3.65. The molecule has 0 aliphatic rings. The molecule has 14 heavy (non-hydrogen) atoms. The van der Waals surface area contributed by atoms with Crippen molar-refractivity contribution < 1.29 is 8.42 Å². The molecule has 0 fully saturated rings. The zero-order valence-corrected chi connectivity index (χ0v) is 10.6. The minimum Gasteiger partial charge on any atom is -0.312 e. The first-order chi connectivity index (χ1) is 6.27. The van der Waals surface area contributed by atoms with Gasteiger partial charge in [-0.1, -0.05) is 6.92 Å². The molecule has 86 valence electrons. The molecule has 1 N–H and O–H groups in total. The SMILES string of the molecule is CCCS(=O)(=O)CCCNC(C)(C)C. The fourth-order valence-corrected chi connectivity index (χ4v) is 2.58. The average Bonchev–Trinajstić information content (AvgIpc) is 1.96. The van der Waals surface area contributed by atoms with Gasteiger partial charge in [-0.25, -0.2) is 8.42 Å². The Bertz CT molecular complexity index is 239. The van der Waals surface area contributed by atoms with Crippen LogP contribution >= 0.6 is 0 Å².